The van der Waals surface area contributed by atoms with Crippen LogP contribution < -0.4 is 9.46 Å². The number of aryl methyl sites for hydroxylation is 1. The molecule has 1 heterocycles. The van der Waals surface area contributed by atoms with Crippen LogP contribution in [-0.2, 0) is 17.9 Å². The Kier molecular flexibility index (Phi) is 7.35. The second kappa shape index (κ2) is 9.76. The molecule has 0 radical (unpaired) electrons. The zero-order valence-electron chi connectivity index (χ0n) is 17.6. The van der Waals surface area contributed by atoms with Gasteiger partial charge in [0, 0.05) is 31.3 Å². The molecule has 1 N–H and O–H groups in total. The summed E-state index contributed by atoms with van der Waals surface area (Å²) in [6.45, 7) is 10.2. The van der Waals surface area contributed by atoms with E-state index >= 15 is 0 Å². The molecule has 156 valence electrons. The van der Waals surface area contributed by atoms with Crippen molar-refractivity contribution in [1.29, 1.82) is 0 Å². The number of nitrogens with zero attached hydrogens (tertiary/aromatic N) is 1. The molecular weight excluding hydrogens is 384 g/mol. The summed E-state index contributed by atoms with van der Waals surface area (Å²) in [7, 11) is 0. The highest BCUT2D eigenvalue weighted by molar-refractivity contribution is 7.89. The molecule has 2 aromatic rings. The third-order valence-corrected chi connectivity index (χ3v) is 6.28. The predicted molar refractivity (Wildman–Crippen MR) is 117 cm³/mol. The molecule has 2 atom stereocenters. The number of rotatable bonds is 8. The van der Waals surface area contributed by atoms with Gasteiger partial charge in [0.05, 0.1) is 23.5 Å². The van der Waals surface area contributed by atoms with Crippen LogP contribution in [-0.4, -0.2) is 40.5 Å². The van der Waals surface area contributed by atoms with Crippen molar-refractivity contribution in [3.8, 4) is 5.75 Å². The van der Waals surface area contributed by atoms with Gasteiger partial charge in [0.25, 0.3) is 0 Å². The number of carbonyl (C=O) groups excluding carboxylic acids is 1. The Morgan fingerprint density at radius 2 is 2.00 bits per heavy atom. The molecule has 29 heavy (non-hydrogen) atoms. The highest BCUT2D eigenvalue weighted by Gasteiger charge is 2.27. The van der Waals surface area contributed by atoms with Gasteiger partial charge in [-0.15, -0.1) is 4.72 Å². The molecule has 1 unspecified atom stereocenters. The van der Waals surface area contributed by atoms with Crippen molar-refractivity contribution >= 4 is 17.1 Å². The van der Waals surface area contributed by atoms with E-state index in [1.807, 2.05) is 45.0 Å². The maximum absolute atomic E-state index is 12.7. The quantitative estimate of drug-likeness (QED) is 0.525. The molecule has 0 saturated carbocycles. The zero-order valence-corrected chi connectivity index (χ0v) is 18.4. The van der Waals surface area contributed by atoms with Gasteiger partial charge < -0.3 is 9.29 Å². The Hall–Kier alpha value is -1.86. The monoisotopic (exact) mass is 414 g/mol. The van der Waals surface area contributed by atoms with Crippen LogP contribution in [0, 0.1) is 6.92 Å². The minimum absolute atomic E-state index is 0.00166. The molecule has 0 aromatic heterocycles. The van der Waals surface area contributed by atoms with E-state index < -0.39 is 11.4 Å². The first kappa shape index (κ1) is 21.8. The Labute approximate surface area is 176 Å². The molecule has 3 rings (SSSR count). The molecule has 0 bridgehead atoms. The largest absolute Gasteiger partial charge is 0.593 e. The molecule has 0 aliphatic carbocycles. The summed E-state index contributed by atoms with van der Waals surface area (Å²) in [5.74, 6) is 0.890. The first-order chi connectivity index (χ1) is 13.8. The van der Waals surface area contributed by atoms with Crippen LogP contribution in [0.5, 0.6) is 5.75 Å². The van der Waals surface area contributed by atoms with Crippen LogP contribution in [0.2, 0.25) is 0 Å². The van der Waals surface area contributed by atoms with E-state index in [-0.39, 0.29) is 17.9 Å². The van der Waals surface area contributed by atoms with Crippen molar-refractivity contribution in [3.05, 3.63) is 59.2 Å². The fourth-order valence-corrected chi connectivity index (χ4v) is 4.64. The predicted octanol–water partition coefficient (Wildman–Crippen LogP) is 3.87. The van der Waals surface area contributed by atoms with Crippen LogP contribution in [0.3, 0.4) is 0 Å². The molecular formula is C23H30N2O3S. The van der Waals surface area contributed by atoms with Crippen molar-refractivity contribution < 1.29 is 14.1 Å². The first-order valence-electron chi connectivity index (χ1n) is 10.1. The number of benzene rings is 2. The maximum atomic E-state index is 12.7. The summed E-state index contributed by atoms with van der Waals surface area (Å²) in [5, 5.41) is 0. The van der Waals surface area contributed by atoms with Crippen LogP contribution in [0.15, 0.2) is 47.4 Å². The third kappa shape index (κ3) is 6.06. The van der Waals surface area contributed by atoms with Crippen molar-refractivity contribution in [2.45, 2.75) is 57.7 Å². The van der Waals surface area contributed by atoms with Gasteiger partial charge in [-0.05, 0) is 63.4 Å². The Morgan fingerprint density at radius 3 is 2.66 bits per heavy atom. The van der Waals surface area contributed by atoms with Gasteiger partial charge >= 0.3 is 0 Å². The molecule has 1 fully saturated rings. The number of hydrogen-bond donors (Lipinski definition) is 1. The zero-order chi connectivity index (χ0) is 21.0. The fraction of sp³-hybridized carbons (Fsp3) is 0.435. The summed E-state index contributed by atoms with van der Waals surface area (Å²) in [5.41, 5.74) is 2.79. The second-order valence-corrected chi connectivity index (χ2v) is 9.20. The van der Waals surface area contributed by atoms with Gasteiger partial charge in [-0.25, -0.2) is 0 Å². The summed E-state index contributed by atoms with van der Waals surface area (Å²) < 4.78 is 21.7. The first-order valence-corrected chi connectivity index (χ1v) is 11.2. The number of likely N-dealkylation sites (tertiary alicyclic amines) is 1. The average Bonchev–Trinajstić information content (AvgIpc) is 3.09. The van der Waals surface area contributed by atoms with Crippen LogP contribution in [0.25, 0.3) is 0 Å². The summed E-state index contributed by atoms with van der Waals surface area (Å²) in [4.78, 5) is 14.8. The number of Topliss-reactive ketones (excluding diaryl/α,β-unsaturated/α-hetero) is 1. The Morgan fingerprint density at radius 1 is 1.28 bits per heavy atom. The van der Waals surface area contributed by atoms with Crippen LogP contribution >= 0.6 is 0 Å². The van der Waals surface area contributed by atoms with Gasteiger partial charge in [0.2, 0.25) is 0 Å². The number of ketones is 1. The normalized spacial score (nSPS) is 18.2. The van der Waals surface area contributed by atoms with E-state index in [4.69, 9.17) is 4.74 Å². The number of nitrogens with one attached hydrogen (secondary N) is 1. The van der Waals surface area contributed by atoms with Gasteiger partial charge in [0.1, 0.15) is 5.75 Å². The Balaban J connectivity index is 1.53. The lowest BCUT2D eigenvalue weighted by Crippen LogP contribution is -2.37. The third-order valence-electron chi connectivity index (χ3n) is 5.05. The van der Waals surface area contributed by atoms with Crippen LogP contribution in [0.1, 0.15) is 48.7 Å². The second-order valence-electron chi connectivity index (χ2n) is 7.95. The van der Waals surface area contributed by atoms with Gasteiger partial charge in [-0.3, -0.25) is 9.69 Å². The smallest absolute Gasteiger partial charge is 0.174 e. The highest BCUT2D eigenvalue weighted by Crippen LogP contribution is 2.20. The van der Waals surface area contributed by atoms with Gasteiger partial charge in [-0.1, -0.05) is 18.2 Å². The van der Waals surface area contributed by atoms with Gasteiger partial charge in [-0.2, -0.15) is 0 Å². The summed E-state index contributed by atoms with van der Waals surface area (Å²) in [6, 6.07) is 13.8. The molecule has 0 amide bonds. The standard InChI is InChI=1S/C23H30N2O3S/c1-16(2)28-21-8-6-19(7-9-21)14-25-12-11-20(15-25)24-29(27)22-10-5-17(3)23(13-22)18(4)26/h5-10,13,16,20,24H,11-12,14-15H2,1-4H3/t20-,29?/m1/s1. The van der Waals surface area contributed by atoms with E-state index in [1.165, 1.54) is 5.56 Å². The average molecular weight is 415 g/mol. The number of carbonyl (C=O) groups is 1. The van der Waals surface area contributed by atoms with E-state index in [1.54, 1.807) is 13.0 Å². The summed E-state index contributed by atoms with van der Waals surface area (Å²) in [6.07, 6.45) is 1.12. The van der Waals surface area contributed by atoms with Crippen molar-refractivity contribution in [1.82, 2.24) is 9.62 Å². The number of hydrogen-bond acceptors (Lipinski definition) is 5. The molecule has 6 heteroatoms. The van der Waals surface area contributed by atoms with E-state index in [0.717, 1.165) is 37.4 Å². The minimum atomic E-state index is -1.32. The fourth-order valence-electron chi connectivity index (χ4n) is 3.59. The minimum Gasteiger partial charge on any atom is -0.593 e. The molecule has 2 aromatic carbocycles. The van der Waals surface area contributed by atoms with Crippen molar-refractivity contribution in [2.24, 2.45) is 0 Å². The SMILES string of the molecule is CC(=O)c1cc([S+]([O-])N[C@@H]2CCN(Cc3ccc(OC(C)C)cc3)C2)ccc1C. The molecule has 5 nitrogen and oxygen atoms in total. The maximum Gasteiger partial charge on any atom is 0.174 e. The lowest BCUT2D eigenvalue weighted by molar-refractivity contribution is 0.101. The lowest BCUT2D eigenvalue weighted by atomic mass is 10.1. The van der Waals surface area contributed by atoms with Crippen molar-refractivity contribution in [3.63, 3.8) is 0 Å². The molecule has 1 saturated heterocycles. The van der Waals surface area contributed by atoms with Crippen molar-refractivity contribution in [2.75, 3.05) is 13.1 Å². The highest BCUT2D eigenvalue weighted by atomic mass is 32.2. The van der Waals surface area contributed by atoms with E-state index in [2.05, 4.69) is 21.8 Å². The van der Waals surface area contributed by atoms with E-state index in [9.17, 15) is 9.35 Å². The van der Waals surface area contributed by atoms with E-state index in [0.29, 0.717) is 10.5 Å². The topological polar surface area (TPSA) is 64.6 Å². The van der Waals surface area contributed by atoms with Gasteiger partial charge in [0.15, 0.2) is 10.7 Å². The number of ether oxygens (including phenoxy) is 1. The summed E-state index contributed by atoms with van der Waals surface area (Å²) >= 11 is -1.32. The molecule has 1 aliphatic rings. The Bertz CT molecular complexity index is 839. The lowest BCUT2D eigenvalue weighted by Gasteiger charge is -2.18. The molecule has 0 spiro atoms. The van der Waals surface area contributed by atoms with Crippen LogP contribution in [0.4, 0.5) is 0 Å². The molecule has 1 aliphatic heterocycles.